The topological polar surface area (TPSA) is 158 Å². The van der Waals surface area contributed by atoms with Crippen LogP contribution in [0.4, 0.5) is 0 Å². The summed E-state index contributed by atoms with van der Waals surface area (Å²) in [5.74, 6) is -1.43. The maximum atomic E-state index is 14.5. The van der Waals surface area contributed by atoms with E-state index in [4.69, 9.17) is 33.2 Å². The first-order chi connectivity index (χ1) is 23.6. The van der Waals surface area contributed by atoms with E-state index >= 15 is 0 Å². The van der Waals surface area contributed by atoms with Crippen LogP contribution in [0.5, 0.6) is 34.5 Å². The van der Waals surface area contributed by atoms with Crippen LogP contribution in [0.25, 0.3) is 0 Å². The smallest absolute Gasteiger partial charge is 0.328 e. The molecule has 0 saturated heterocycles. The minimum absolute atomic E-state index is 0.0139. The van der Waals surface area contributed by atoms with Crippen LogP contribution in [-0.4, -0.2) is 84.2 Å². The monoisotopic (exact) mass is 672 g/mol. The molecule has 4 aromatic rings. The number of nitrogens with one attached hydrogen (secondary N) is 1. The molecule has 4 rings (SSSR count). The predicted octanol–water partition coefficient (Wildman–Crippen LogP) is 4.11. The average molecular weight is 673 g/mol. The highest BCUT2D eigenvalue weighted by molar-refractivity contribution is 6.18. The number of hydrogen-bond acceptors (Lipinski definition) is 12. The predicted molar refractivity (Wildman–Crippen MR) is 177 cm³/mol. The number of rotatable bonds is 15. The molecular formula is C36H36N2O11. The van der Waals surface area contributed by atoms with Crippen molar-refractivity contribution in [1.29, 1.82) is 0 Å². The summed E-state index contributed by atoms with van der Waals surface area (Å²) in [6.07, 6.45) is 1.08. The lowest BCUT2D eigenvalue weighted by Crippen LogP contribution is -2.43. The van der Waals surface area contributed by atoms with Crippen LogP contribution in [0.1, 0.15) is 47.9 Å². The highest BCUT2D eigenvalue weighted by atomic mass is 16.5. The van der Waals surface area contributed by atoms with Crippen molar-refractivity contribution in [2.24, 2.45) is 0 Å². The molecule has 0 radical (unpaired) electrons. The lowest BCUT2D eigenvalue weighted by atomic mass is 9.86. The van der Waals surface area contributed by atoms with Crippen molar-refractivity contribution in [1.82, 2.24) is 10.3 Å². The van der Waals surface area contributed by atoms with Crippen molar-refractivity contribution in [3.05, 3.63) is 100 Å². The maximum Gasteiger partial charge on any atom is 0.328 e. The summed E-state index contributed by atoms with van der Waals surface area (Å²) in [5.41, 5.74) is 0.235. The molecular weight excluding hydrogens is 636 g/mol. The van der Waals surface area contributed by atoms with Crippen LogP contribution < -0.4 is 33.7 Å². The fraction of sp³-hybridized carbons (Fsp3) is 0.250. The largest absolute Gasteiger partial charge is 0.496 e. The highest BCUT2D eigenvalue weighted by Gasteiger charge is 2.32. The Morgan fingerprint density at radius 1 is 0.633 bits per heavy atom. The first kappa shape index (κ1) is 35.7. The van der Waals surface area contributed by atoms with Gasteiger partial charge in [-0.25, -0.2) is 4.79 Å². The molecule has 1 aromatic heterocycles. The number of carbonyl (C=O) groups is 4. The van der Waals surface area contributed by atoms with Gasteiger partial charge in [-0.1, -0.05) is 24.3 Å². The number of aromatic nitrogens is 1. The summed E-state index contributed by atoms with van der Waals surface area (Å²) in [5, 5.41) is 2.63. The van der Waals surface area contributed by atoms with Gasteiger partial charge in [0, 0.05) is 48.0 Å². The van der Waals surface area contributed by atoms with E-state index in [1.54, 1.807) is 12.1 Å². The molecule has 1 atom stereocenters. The van der Waals surface area contributed by atoms with Gasteiger partial charge in [-0.15, -0.1) is 0 Å². The Balaban J connectivity index is 1.98. The summed E-state index contributed by atoms with van der Waals surface area (Å²) in [7, 11) is 9.60. The van der Waals surface area contributed by atoms with Gasteiger partial charge in [0.2, 0.25) is 11.6 Å². The molecule has 13 nitrogen and oxygen atoms in total. The molecule has 49 heavy (non-hydrogen) atoms. The Bertz CT molecular complexity index is 1710. The van der Waals surface area contributed by atoms with Crippen LogP contribution in [0.15, 0.2) is 66.9 Å². The third-order valence-corrected chi connectivity index (χ3v) is 7.65. The summed E-state index contributed by atoms with van der Waals surface area (Å²) in [6, 6.07) is 13.9. The number of hydrogen-bond donors (Lipinski definition) is 1. The average Bonchev–Trinajstić information content (AvgIpc) is 3.15. The van der Waals surface area contributed by atoms with E-state index in [0.29, 0.717) is 11.5 Å². The first-order valence-corrected chi connectivity index (χ1v) is 14.8. The van der Waals surface area contributed by atoms with E-state index in [2.05, 4.69) is 10.3 Å². The molecule has 0 saturated carbocycles. The molecule has 0 aliphatic carbocycles. The van der Waals surface area contributed by atoms with Crippen molar-refractivity contribution >= 4 is 23.4 Å². The first-order valence-electron chi connectivity index (χ1n) is 14.8. The van der Waals surface area contributed by atoms with Gasteiger partial charge in [-0.2, -0.15) is 0 Å². The van der Waals surface area contributed by atoms with Crippen LogP contribution in [0.3, 0.4) is 0 Å². The Labute approximate surface area is 283 Å². The summed E-state index contributed by atoms with van der Waals surface area (Å²) in [4.78, 5) is 59.5. The molecule has 0 fully saturated rings. The molecule has 0 spiro atoms. The second-order valence-electron chi connectivity index (χ2n) is 10.3. The van der Waals surface area contributed by atoms with Crippen LogP contribution in [-0.2, 0) is 16.0 Å². The molecule has 1 N–H and O–H groups in total. The van der Waals surface area contributed by atoms with E-state index in [1.807, 2.05) is 0 Å². The van der Waals surface area contributed by atoms with Gasteiger partial charge in [-0.05, 0) is 17.7 Å². The lowest BCUT2D eigenvalue weighted by molar-refractivity contribution is -0.142. The van der Waals surface area contributed by atoms with Crippen LogP contribution in [0.2, 0.25) is 0 Å². The maximum absolute atomic E-state index is 14.5. The SMILES string of the molecule is COC(=O)[C@H](Cc1c(C(=O)c2c(OC)cc(OC)cc2OC)cccc1C(=O)c1c(OC)cc(OC)cc1OC)NC(=O)c1ccccn1. The third kappa shape index (κ3) is 7.56. The lowest BCUT2D eigenvalue weighted by Gasteiger charge is -2.22. The van der Waals surface area contributed by atoms with Crippen molar-refractivity contribution in [2.75, 3.05) is 49.8 Å². The standard InChI is InChI=1S/C36H36N2O11/c1-43-20-15-27(45-3)31(28(16-20)46-4)33(39)22-11-10-12-23(34(40)32-29(47-5)17-21(44-2)18-30(32)48-6)24(22)19-26(36(42)49-7)38-35(41)25-13-8-9-14-37-25/h8-18,26H,19H2,1-7H3,(H,38,41)/t26-/m0/s1. The van der Waals surface area contributed by atoms with E-state index in [9.17, 15) is 19.2 Å². The van der Waals surface area contributed by atoms with Crippen LogP contribution >= 0.6 is 0 Å². The molecule has 3 aromatic carbocycles. The zero-order chi connectivity index (χ0) is 35.7. The Morgan fingerprint density at radius 3 is 1.47 bits per heavy atom. The van der Waals surface area contributed by atoms with Gasteiger partial charge in [-0.3, -0.25) is 19.4 Å². The summed E-state index contributed by atoms with van der Waals surface area (Å²) in [6.45, 7) is 0. The number of pyridine rings is 1. The molecule has 0 aliphatic heterocycles. The van der Waals surface area contributed by atoms with Gasteiger partial charge >= 0.3 is 5.97 Å². The molecule has 13 heteroatoms. The third-order valence-electron chi connectivity index (χ3n) is 7.65. The molecule has 1 amide bonds. The highest BCUT2D eigenvalue weighted by Crippen LogP contribution is 2.39. The van der Waals surface area contributed by atoms with E-state index < -0.39 is 29.5 Å². The summed E-state index contributed by atoms with van der Waals surface area (Å²) < 4.78 is 37.9. The number of carbonyl (C=O) groups excluding carboxylic acids is 4. The normalized spacial score (nSPS) is 11.1. The fourth-order valence-electron chi connectivity index (χ4n) is 5.23. The quantitative estimate of drug-likeness (QED) is 0.143. The Kier molecular flexibility index (Phi) is 11.8. The minimum atomic E-state index is -1.36. The van der Waals surface area contributed by atoms with Crippen molar-refractivity contribution in [3.63, 3.8) is 0 Å². The Hall–Kier alpha value is -6.11. The fourth-order valence-corrected chi connectivity index (χ4v) is 5.23. The minimum Gasteiger partial charge on any atom is -0.496 e. The number of benzene rings is 3. The second-order valence-corrected chi connectivity index (χ2v) is 10.3. The van der Waals surface area contributed by atoms with Crippen molar-refractivity contribution in [3.8, 4) is 34.5 Å². The Morgan fingerprint density at radius 2 is 1.10 bits per heavy atom. The number of ether oxygens (including phenoxy) is 7. The van der Waals surface area contributed by atoms with Gasteiger partial charge < -0.3 is 38.5 Å². The molecule has 0 aliphatic rings. The van der Waals surface area contributed by atoms with Crippen molar-refractivity contribution < 1.29 is 52.3 Å². The molecule has 1 heterocycles. The zero-order valence-electron chi connectivity index (χ0n) is 28.1. The van der Waals surface area contributed by atoms with Crippen molar-refractivity contribution in [2.45, 2.75) is 12.5 Å². The summed E-state index contributed by atoms with van der Waals surface area (Å²) >= 11 is 0. The number of ketones is 2. The molecule has 256 valence electrons. The number of esters is 1. The number of nitrogens with zero attached hydrogens (tertiary/aromatic N) is 1. The number of methoxy groups -OCH3 is 7. The van der Waals surface area contributed by atoms with Gasteiger partial charge in [0.15, 0.2) is 0 Å². The molecule has 0 unspecified atom stereocenters. The van der Waals surface area contributed by atoms with E-state index in [-0.39, 0.29) is 62.9 Å². The van der Waals surface area contributed by atoms with E-state index in [0.717, 1.165) is 7.11 Å². The molecule has 0 bridgehead atoms. The zero-order valence-corrected chi connectivity index (χ0v) is 28.1. The van der Waals surface area contributed by atoms with E-state index in [1.165, 1.54) is 97.4 Å². The second kappa shape index (κ2) is 16.1. The van der Waals surface area contributed by atoms with Crippen LogP contribution in [0, 0.1) is 0 Å². The number of amides is 1. The van der Waals surface area contributed by atoms with Gasteiger partial charge in [0.05, 0.1) is 49.8 Å². The van der Waals surface area contributed by atoms with Gasteiger partial charge in [0.25, 0.3) is 5.91 Å². The van der Waals surface area contributed by atoms with Gasteiger partial charge in [0.1, 0.15) is 57.4 Å².